The Kier molecular flexibility index (Phi) is 5.12. The summed E-state index contributed by atoms with van der Waals surface area (Å²) < 4.78 is 53.5. The number of anilines is 1. The number of aromatic nitrogens is 3. The molecule has 6 rings (SSSR count). The summed E-state index contributed by atoms with van der Waals surface area (Å²) in [5.74, 6) is 0. The predicted molar refractivity (Wildman–Crippen MR) is 135 cm³/mol. The Morgan fingerprint density at radius 3 is 2.03 bits per heavy atom. The number of benzene rings is 1. The van der Waals surface area contributed by atoms with E-state index in [-0.39, 0.29) is 5.69 Å². The van der Waals surface area contributed by atoms with E-state index in [9.17, 15) is 16.8 Å². The summed E-state index contributed by atoms with van der Waals surface area (Å²) in [7, 11) is -8.06. The highest BCUT2D eigenvalue weighted by atomic mass is 32.3. The molecule has 0 amide bonds. The van der Waals surface area contributed by atoms with Gasteiger partial charge in [0.05, 0.1) is 27.9 Å². The van der Waals surface area contributed by atoms with Gasteiger partial charge in [0, 0.05) is 35.7 Å². The summed E-state index contributed by atoms with van der Waals surface area (Å²) in [6.45, 7) is 0. The molecule has 2 fully saturated rings. The maximum absolute atomic E-state index is 13.2. The van der Waals surface area contributed by atoms with Crippen molar-refractivity contribution in [3.63, 3.8) is 0 Å². The van der Waals surface area contributed by atoms with E-state index in [1.807, 2.05) is 36.4 Å². The minimum absolute atomic E-state index is 0.0574. The fourth-order valence-corrected chi connectivity index (χ4v) is 8.92. The van der Waals surface area contributed by atoms with Crippen molar-refractivity contribution >= 4 is 36.6 Å². The van der Waals surface area contributed by atoms with Crippen LogP contribution < -0.4 is 3.71 Å². The van der Waals surface area contributed by atoms with Crippen molar-refractivity contribution < 1.29 is 16.8 Å². The van der Waals surface area contributed by atoms with Crippen LogP contribution in [0.15, 0.2) is 73.4 Å². The standard InChI is InChI=1S/C25H22N4O4S2/c30-34(31,21-2-3-21)29(35(32,33)22-4-5-22)20-13-19(15-27-16-20)18-1-6-25-24(14-18)23(9-12-28-25)17-7-10-26-11-8-17/h1,6-16,21-22H,2-5H2. The van der Waals surface area contributed by atoms with Gasteiger partial charge in [0.1, 0.15) is 0 Å². The number of pyridine rings is 3. The van der Waals surface area contributed by atoms with Gasteiger partial charge in [0.25, 0.3) is 20.0 Å². The Morgan fingerprint density at radius 2 is 1.37 bits per heavy atom. The SMILES string of the molecule is O=S(=O)(C1CC1)N(c1cncc(-c2ccc3nccc(-c4ccncc4)c3c2)c1)S(=O)(=O)C1CC1. The summed E-state index contributed by atoms with van der Waals surface area (Å²) >= 11 is 0. The van der Waals surface area contributed by atoms with Crippen LogP contribution in [0.4, 0.5) is 5.69 Å². The quantitative estimate of drug-likeness (QED) is 0.370. The van der Waals surface area contributed by atoms with E-state index < -0.39 is 30.5 Å². The molecule has 0 bridgehead atoms. The van der Waals surface area contributed by atoms with Gasteiger partial charge in [-0.15, -0.1) is 0 Å². The van der Waals surface area contributed by atoms with Crippen LogP contribution in [0.25, 0.3) is 33.2 Å². The lowest BCUT2D eigenvalue weighted by molar-refractivity contribution is 0.582. The molecule has 3 aromatic heterocycles. The van der Waals surface area contributed by atoms with Crippen molar-refractivity contribution in [3.05, 3.63) is 73.4 Å². The predicted octanol–water partition coefficient (Wildman–Crippen LogP) is 4.15. The molecular formula is C25H22N4O4S2. The van der Waals surface area contributed by atoms with Crippen molar-refractivity contribution in [2.45, 2.75) is 36.2 Å². The Hall–Kier alpha value is -3.37. The van der Waals surface area contributed by atoms with Crippen molar-refractivity contribution in [2.24, 2.45) is 0 Å². The summed E-state index contributed by atoms with van der Waals surface area (Å²) in [6.07, 6.45) is 10.0. The van der Waals surface area contributed by atoms with Crippen LogP contribution in [-0.2, 0) is 20.0 Å². The molecule has 8 nitrogen and oxygen atoms in total. The minimum Gasteiger partial charge on any atom is -0.265 e. The molecule has 2 aliphatic carbocycles. The summed E-state index contributed by atoms with van der Waals surface area (Å²) in [6, 6.07) is 13.1. The zero-order valence-corrected chi connectivity index (χ0v) is 20.3. The Morgan fingerprint density at radius 1 is 0.686 bits per heavy atom. The lowest BCUT2D eigenvalue weighted by Crippen LogP contribution is -2.41. The highest BCUT2D eigenvalue weighted by Crippen LogP contribution is 2.41. The third-order valence-corrected chi connectivity index (χ3v) is 11.6. The lowest BCUT2D eigenvalue weighted by atomic mass is 9.98. The normalized spacial score (nSPS) is 16.3. The van der Waals surface area contributed by atoms with Crippen LogP contribution in [0.1, 0.15) is 25.7 Å². The topological polar surface area (TPSA) is 110 Å². The van der Waals surface area contributed by atoms with Crippen LogP contribution in [0, 0.1) is 0 Å². The first-order valence-electron chi connectivity index (χ1n) is 11.4. The molecule has 0 unspecified atom stereocenters. The third kappa shape index (κ3) is 3.96. The summed E-state index contributed by atoms with van der Waals surface area (Å²) in [5, 5.41) is -0.404. The fraction of sp³-hybridized carbons (Fsp3) is 0.240. The van der Waals surface area contributed by atoms with Gasteiger partial charge in [-0.05, 0) is 78.8 Å². The molecule has 1 aromatic carbocycles. The molecule has 0 saturated heterocycles. The van der Waals surface area contributed by atoms with Crippen molar-refractivity contribution in [1.29, 1.82) is 0 Å². The van der Waals surface area contributed by atoms with Crippen LogP contribution >= 0.6 is 0 Å². The van der Waals surface area contributed by atoms with Gasteiger partial charge >= 0.3 is 0 Å². The molecule has 178 valence electrons. The molecule has 2 aliphatic rings. The number of sulfonamides is 2. The molecule has 0 spiro atoms. The number of hydrogen-bond donors (Lipinski definition) is 0. The number of rotatable bonds is 7. The molecule has 2 saturated carbocycles. The lowest BCUT2D eigenvalue weighted by Gasteiger charge is -2.24. The molecule has 0 aliphatic heterocycles. The fourth-order valence-electron chi connectivity index (χ4n) is 4.24. The average Bonchev–Trinajstić information content (AvgIpc) is 3.76. The van der Waals surface area contributed by atoms with E-state index in [4.69, 9.17) is 0 Å². The zero-order valence-electron chi connectivity index (χ0n) is 18.6. The molecule has 0 atom stereocenters. The second-order valence-corrected chi connectivity index (χ2v) is 13.3. The first kappa shape index (κ1) is 22.1. The monoisotopic (exact) mass is 506 g/mol. The maximum Gasteiger partial charge on any atom is 0.251 e. The molecule has 0 N–H and O–H groups in total. The van der Waals surface area contributed by atoms with Gasteiger partial charge in [-0.1, -0.05) is 6.07 Å². The van der Waals surface area contributed by atoms with E-state index in [2.05, 4.69) is 15.0 Å². The van der Waals surface area contributed by atoms with E-state index in [0.717, 1.165) is 27.6 Å². The number of fused-ring (bicyclic) bond motifs is 1. The number of hydrogen-bond acceptors (Lipinski definition) is 7. The molecule has 0 radical (unpaired) electrons. The van der Waals surface area contributed by atoms with Gasteiger partial charge < -0.3 is 0 Å². The van der Waals surface area contributed by atoms with Crippen LogP contribution in [0.3, 0.4) is 0 Å². The Balaban J connectivity index is 1.47. The van der Waals surface area contributed by atoms with Gasteiger partial charge in [-0.2, -0.15) is 3.71 Å². The van der Waals surface area contributed by atoms with Crippen LogP contribution in [0.2, 0.25) is 0 Å². The second kappa shape index (κ2) is 8.10. The maximum atomic E-state index is 13.2. The summed E-state index contributed by atoms with van der Waals surface area (Å²) in [5.41, 5.74) is 4.24. The second-order valence-electron chi connectivity index (χ2n) is 8.94. The highest BCUT2D eigenvalue weighted by Gasteiger charge is 2.50. The molecule has 3 heterocycles. The van der Waals surface area contributed by atoms with Crippen molar-refractivity contribution in [3.8, 4) is 22.3 Å². The molecule has 10 heteroatoms. The Bertz CT molecular complexity index is 1610. The van der Waals surface area contributed by atoms with E-state index in [1.165, 1.54) is 6.20 Å². The van der Waals surface area contributed by atoms with Crippen LogP contribution in [0.5, 0.6) is 0 Å². The first-order chi connectivity index (χ1) is 16.9. The van der Waals surface area contributed by atoms with E-state index in [0.29, 0.717) is 35.0 Å². The Labute approximate surface area is 203 Å². The highest BCUT2D eigenvalue weighted by molar-refractivity contribution is 8.11. The minimum atomic E-state index is -4.03. The number of nitrogens with zero attached hydrogens (tertiary/aromatic N) is 4. The van der Waals surface area contributed by atoms with Crippen LogP contribution in [-0.4, -0.2) is 42.3 Å². The van der Waals surface area contributed by atoms with E-state index in [1.54, 1.807) is 30.9 Å². The van der Waals surface area contributed by atoms with E-state index >= 15 is 0 Å². The molecule has 35 heavy (non-hydrogen) atoms. The third-order valence-electron chi connectivity index (χ3n) is 6.35. The van der Waals surface area contributed by atoms with Crippen molar-refractivity contribution in [1.82, 2.24) is 15.0 Å². The largest absolute Gasteiger partial charge is 0.265 e. The first-order valence-corrected chi connectivity index (χ1v) is 14.4. The molecular weight excluding hydrogens is 484 g/mol. The zero-order chi connectivity index (χ0) is 24.2. The molecule has 4 aromatic rings. The van der Waals surface area contributed by atoms with Crippen molar-refractivity contribution in [2.75, 3.05) is 3.71 Å². The average molecular weight is 507 g/mol. The smallest absolute Gasteiger partial charge is 0.251 e. The van der Waals surface area contributed by atoms with Gasteiger partial charge in [-0.3, -0.25) is 15.0 Å². The summed E-state index contributed by atoms with van der Waals surface area (Å²) in [4.78, 5) is 12.8. The van der Waals surface area contributed by atoms with Gasteiger partial charge in [-0.25, -0.2) is 16.8 Å². The van der Waals surface area contributed by atoms with Gasteiger partial charge in [0.15, 0.2) is 0 Å². The van der Waals surface area contributed by atoms with Gasteiger partial charge in [0.2, 0.25) is 0 Å².